The summed E-state index contributed by atoms with van der Waals surface area (Å²) in [4.78, 5) is 16.3. The van der Waals surface area contributed by atoms with Crippen LogP contribution in [0.25, 0.3) is 11.3 Å². The maximum atomic E-state index is 15.4. The van der Waals surface area contributed by atoms with Gasteiger partial charge in [-0.05, 0) is 61.2 Å². The number of nitrogens with zero attached hydrogens (tertiary/aromatic N) is 4. The van der Waals surface area contributed by atoms with Crippen LogP contribution in [0.2, 0.25) is 0 Å². The van der Waals surface area contributed by atoms with Crippen molar-refractivity contribution in [1.82, 2.24) is 19.9 Å². The summed E-state index contributed by atoms with van der Waals surface area (Å²) in [6, 6.07) is 27.1. The molecule has 3 heterocycles. The first-order valence-corrected chi connectivity index (χ1v) is 24.0. The molecule has 443 valence electrons. The van der Waals surface area contributed by atoms with Crippen molar-refractivity contribution in [2.75, 3.05) is 13.2 Å². The molecule has 8 aromatic rings. The van der Waals surface area contributed by atoms with Crippen molar-refractivity contribution >= 4 is 28.0 Å². The SMILES string of the molecule is CC(C)(C)c1ccc(-c2cccc(CN(Cc3ccccn3)Cc3ccccn3)n2)cc1.CCOCC.Fc1c(F)c(F)c([B-](c2c(F)c(F)c(F)c(F)c2F)(c2c(F)c(F)c(F)c(F)c2F)c2c(F)c(F)c(F)c(F)c2F)c(F)c1F.[Cu+2]. The Hall–Kier alpha value is -7.35. The Morgan fingerprint density at radius 3 is 0.928 bits per heavy atom. The minimum atomic E-state index is -7.22. The number of ether oxygens (including phenoxy) is 1. The zero-order valence-corrected chi connectivity index (χ0v) is 44.3. The fourth-order valence-corrected chi connectivity index (χ4v) is 8.79. The first-order valence-electron chi connectivity index (χ1n) is 24.0. The standard InChI is InChI=1S/C28H30N4.C24BF20.C4H10O.Cu/c1-28(2,3)23-15-13-22(14-16-23)27-12-8-11-26(31-27)21-32(19-24-9-4-6-17-29-24)20-25-10-5-7-18-30-25;26-5-1(6(27)14(35)21(42)13(5)34)25(2-7(28)15(36)22(43)16(37)8(2)29,3-9(30)17(38)23(44)18(39)10(3)31)4-11(32)19(40)24(45)20(41)12(4)33;1-3-5-4-2;/h4-18H,19-21H2,1-3H3;;3-4H2,1-2H3;/q;-1;;+2. The summed E-state index contributed by atoms with van der Waals surface area (Å²) in [6.07, 6.45) is -3.53. The van der Waals surface area contributed by atoms with Crippen LogP contribution in [0.5, 0.6) is 0 Å². The van der Waals surface area contributed by atoms with E-state index in [1.165, 1.54) is 5.56 Å². The molecule has 1 radical (unpaired) electrons. The second-order valence-electron chi connectivity index (χ2n) is 18.7. The molecular formula is C56H40BCuF20N4O+. The van der Waals surface area contributed by atoms with Crippen LogP contribution in [0.4, 0.5) is 87.8 Å². The molecule has 0 saturated heterocycles. The summed E-state index contributed by atoms with van der Waals surface area (Å²) in [5.74, 6) is -71.4. The van der Waals surface area contributed by atoms with Gasteiger partial charge in [0.1, 0.15) is 52.7 Å². The molecule has 5 nitrogen and oxygen atoms in total. The predicted molar refractivity (Wildman–Crippen MR) is 261 cm³/mol. The molecule has 8 rings (SSSR count). The zero-order valence-electron chi connectivity index (χ0n) is 43.3. The summed E-state index contributed by atoms with van der Waals surface area (Å²) in [5.41, 5.74) is -7.60. The van der Waals surface area contributed by atoms with Crippen molar-refractivity contribution < 1.29 is 110 Å². The van der Waals surface area contributed by atoms with Crippen molar-refractivity contribution in [3.05, 3.63) is 230 Å². The average Bonchev–Trinajstić information content (AvgIpc) is 0.920. The van der Waals surface area contributed by atoms with Crippen LogP contribution in [0, 0.1) is 116 Å². The fourth-order valence-electron chi connectivity index (χ4n) is 8.79. The van der Waals surface area contributed by atoms with Crippen molar-refractivity contribution in [1.29, 1.82) is 0 Å². The van der Waals surface area contributed by atoms with Gasteiger partial charge >= 0.3 is 17.1 Å². The quantitative estimate of drug-likeness (QED) is 0.0498. The molecule has 0 saturated carbocycles. The Balaban J connectivity index is 0.000000290. The largest absolute Gasteiger partial charge is 2.00 e. The van der Waals surface area contributed by atoms with Gasteiger partial charge in [-0.3, -0.25) is 19.9 Å². The van der Waals surface area contributed by atoms with Gasteiger partial charge < -0.3 is 4.74 Å². The zero-order chi connectivity index (χ0) is 60.9. The van der Waals surface area contributed by atoms with Gasteiger partial charge in [0.15, 0.2) is 69.8 Å². The normalized spacial score (nSPS) is 11.5. The molecule has 0 atom stereocenters. The maximum absolute atomic E-state index is 15.4. The molecule has 0 N–H and O–H groups in total. The van der Waals surface area contributed by atoms with Crippen LogP contribution < -0.4 is 21.9 Å². The first kappa shape index (κ1) is 66.5. The van der Waals surface area contributed by atoms with Crippen molar-refractivity contribution in [3.8, 4) is 11.3 Å². The maximum Gasteiger partial charge on any atom is 2.00 e. The number of benzene rings is 5. The summed E-state index contributed by atoms with van der Waals surface area (Å²) in [7, 11) is 0. The molecule has 83 heavy (non-hydrogen) atoms. The Labute approximate surface area is 470 Å². The number of aromatic nitrogens is 3. The van der Waals surface area contributed by atoms with Crippen molar-refractivity contribution in [3.63, 3.8) is 0 Å². The molecule has 0 bridgehead atoms. The van der Waals surface area contributed by atoms with Crippen LogP contribution in [0.1, 0.15) is 57.3 Å². The molecule has 27 heteroatoms. The minimum Gasteiger partial charge on any atom is -0.382 e. The van der Waals surface area contributed by atoms with E-state index in [-0.39, 0.29) is 22.5 Å². The molecule has 0 unspecified atom stereocenters. The van der Waals surface area contributed by atoms with E-state index in [1.807, 2.05) is 50.5 Å². The van der Waals surface area contributed by atoms with Crippen LogP contribution >= 0.6 is 0 Å². The second kappa shape index (κ2) is 27.4. The third kappa shape index (κ3) is 13.2. The van der Waals surface area contributed by atoms with Gasteiger partial charge in [0.05, 0.1) is 22.8 Å². The number of pyridine rings is 3. The van der Waals surface area contributed by atoms with Gasteiger partial charge in [-0.25, -0.2) is 87.8 Å². The van der Waals surface area contributed by atoms with E-state index < -0.39 is 144 Å². The molecule has 0 aliphatic heterocycles. The monoisotopic (exact) mass is 1240 g/mol. The number of rotatable bonds is 13. The molecule has 3 aromatic heterocycles. The van der Waals surface area contributed by atoms with Crippen LogP contribution in [-0.2, 0) is 46.9 Å². The molecule has 0 fully saturated rings. The molecule has 0 spiro atoms. The second-order valence-corrected chi connectivity index (χ2v) is 18.7. The van der Waals surface area contributed by atoms with Crippen molar-refractivity contribution in [2.24, 2.45) is 0 Å². The Bertz CT molecular complexity index is 3190. The average molecular weight is 1240 g/mol. The van der Waals surface area contributed by atoms with Gasteiger partial charge in [0, 0.05) is 50.8 Å². The van der Waals surface area contributed by atoms with Gasteiger partial charge in [-0.1, -0.05) is 63.2 Å². The molecule has 0 aliphatic rings. The molecule has 0 amide bonds. The van der Waals surface area contributed by atoms with E-state index in [9.17, 15) is 52.7 Å². The molecular weight excluding hydrogens is 1200 g/mol. The van der Waals surface area contributed by atoms with Crippen LogP contribution in [-0.4, -0.2) is 39.2 Å². The third-order valence-corrected chi connectivity index (χ3v) is 12.6. The van der Waals surface area contributed by atoms with Crippen molar-refractivity contribution in [2.45, 2.75) is 59.7 Å². The summed E-state index contributed by atoms with van der Waals surface area (Å²) in [5, 5.41) is 0. The number of halogens is 20. The molecule has 0 aliphatic carbocycles. The van der Waals surface area contributed by atoms with E-state index >= 15 is 35.1 Å². The van der Waals surface area contributed by atoms with Crippen LogP contribution in [0.3, 0.4) is 0 Å². The third-order valence-electron chi connectivity index (χ3n) is 12.6. The fraction of sp³-hybridized carbons (Fsp3) is 0.196. The van der Waals surface area contributed by atoms with E-state index in [0.29, 0.717) is 0 Å². The van der Waals surface area contributed by atoms with Crippen LogP contribution in [0.15, 0.2) is 91.3 Å². The minimum absolute atomic E-state index is 0. The molecule has 5 aromatic carbocycles. The predicted octanol–water partition coefficient (Wildman–Crippen LogP) is 12.9. The van der Waals surface area contributed by atoms with Gasteiger partial charge in [-0.15, -0.1) is 21.9 Å². The van der Waals surface area contributed by atoms with Gasteiger partial charge in [0.25, 0.3) is 0 Å². The van der Waals surface area contributed by atoms with Gasteiger partial charge in [0.2, 0.25) is 0 Å². The van der Waals surface area contributed by atoms with E-state index in [1.54, 1.807) is 0 Å². The number of hydrogen-bond donors (Lipinski definition) is 0. The summed E-state index contributed by atoms with van der Waals surface area (Å²) >= 11 is 0. The van der Waals surface area contributed by atoms with Gasteiger partial charge in [-0.2, -0.15) is 0 Å². The smallest absolute Gasteiger partial charge is 0.382 e. The Kier molecular flexibility index (Phi) is 21.9. The summed E-state index contributed by atoms with van der Waals surface area (Å²) in [6.45, 7) is 14.6. The first-order chi connectivity index (χ1) is 38.6. The van der Waals surface area contributed by atoms with E-state index in [0.717, 1.165) is 61.2 Å². The van der Waals surface area contributed by atoms with E-state index in [4.69, 9.17) is 9.72 Å². The Morgan fingerprint density at radius 1 is 0.373 bits per heavy atom. The Morgan fingerprint density at radius 2 is 0.663 bits per heavy atom. The topological polar surface area (TPSA) is 51.1 Å². The number of hydrogen-bond acceptors (Lipinski definition) is 5. The summed E-state index contributed by atoms with van der Waals surface area (Å²) < 4.78 is 299. The van der Waals surface area contributed by atoms with E-state index in [2.05, 4.69) is 90.2 Å².